The Balaban J connectivity index is 0.00000200. The summed E-state index contributed by atoms with van der Waals surface area (Å²) < 4.78 is 5.84. The molecule has 1 aromatic rings. The van der Waals surface area contributed by atoms with Crippen molar-refractivity contribution < 1.29 is 4.74 Å². The summed E-state index contributed by atoms with van der Waals surface area (Å²) in [5, 5.41) is 3.55. The number of hydrogen-bond donors (Lipinski definition) is 1. The molecule has 0 radical (unpaired) electrons. The van der Waals surface area contributed by atoms with Crippen molar-refractivity contribution in [3.63, 3.8) is 0 Å². The molecular formula is C17H28ClNO. The number of piperidine rings is 1. The zero-order valence-corrected chi connectivity index (χ0v) is 13.8. The van der Waals surface area contributed by atoms with Crippen LogP contribution < -0.4 is 10.1 Å². The van der Waals surface area contributed by atoms with Gasteiger partial charge in [0.15, 0.2) is 0 Å². The number of halogens is 1. The van der Waals surface area contributed by atoms with Gasteiger partial charge in [-0.2, -0.15) is 0 Å². The van der Waals surface area contributed by atoms with E-state index in [-0.39, 0.29) is 17.8 Å². The predicted octanol–water partition coefficient (Wildman–Crippen LogP) is 4.32. The van der Waals surface area contributed by atoms with Crippen molar-refractivity contribution in [3.05, 3.63) is 29.8 Å². The van der Waals surface area contributed by atoms with Crippen LogP contribution in [0, 0.1) is 0 Å². The van der Waals surface area contributed by atoms with Crippen LogP contribution in [0.15, 0.2) is 24.3 Å². The lowest BCUT2D eigenvalue weighted by Gasteiger charge is -2.23. The molecule has 2 nitrogen and oxygen atoms in total. The topological polar surface area (TPSA) is 21.3 Å². The first-order valence-corrected chi connectivity index (χ1v) is 7.52. The van der Waals surface area contributed by atoms with Gasteiger partial charge in [0.1, 0.15) is 5.75 Å². The second-order valence-electron chi connectivity index (χ2n) is 6.56. The summed E-state index contributed by atoms with van der Waals surface area (Å²) >= 11 is 0. The van der Waals surface area contributed by atoms with Gasteiger partial charge in [-0.05, 0) is 48.9 Å². The Labute approximate surface area is 129 Å². The second-order valence-corrected chi connectivity index (χ2v) is 6.56. The number of hydrogen-bond acceptors (Lipinski definition) is 2. The highest BCUT2D eigenvalue weighted by Gasteiger charge is 2.14. The molecule has 0 bridgehead atoms. The maximum Gasteiger partial charge on any atom is 0.119 e. The van der Waals surface area contributed by atoms with E-state index >= 15 is 0 Å². The van der Waals surface area contributed by atoms with E-state index in [4.69, 9.17) is 4.74 Å². The van der Waals surface area contributed by atoms with Gasteiger partial charge in [-0.25, -0.2) is 0 Å². The van der Waals surface area contributed by atoms with E-state index in [2.05, 4.69) is 50.4 Å². The Bertz CT molecular complexity index is 377. The fourth-order valence-electron chi connectivity index (χ4n) is 2.54. The van der Waals surface area contributed by atoms with Gasteiger partial charge in [0.25, 0.3) is 0 Å². The van der Waals surface area contributed by atoms with Crippen molar-refractivity contribution in [1.29, 1.82) is 0 Å². The lowest BCUT2D eigenvalue weighted by atomic mass is 9.87. The highest BCUT2D eigenvalue weighted by molar-refractivity contribution is 5.85. The fourth-order valence-corrected chi connectivity index (χ4v) is 2.54. The van der Waals surface area contributed by atoms with Crippen molar-refractivity contribution in [2.75, 3.05) is 13.2 Å². The maximum atomic E-state index is 5.84. The summed E-state index contributed by atoms with van der Waals surface area (Å²) in [6.45, 7) is 8.68. The lowest BCUT2D eigenvalue weighted by Crippen LogP contribution is -2.35. The predicted molar refractivity (Wildman–Crippen MR) is 88.1 cm³/mol. The van der Waals surface area contributed by atoms with Gasteiger partial charge in [0, 0.05) is 6.04 Å². The first-order valence-electron chi connectivity index (χ1n) is 7.52. The summed E-state index contributed by atoms with van der Waals surface area (Å²) in [5.74, 6) is 0.990. The molecule has 1 N–H and O–H groups in total. The van der Waals surface area contributed by atoms with Crippen LogP contribution in [0.3, 0.4) is 0 Å². The minimum atomic E-state index is 0. The van der Waals surface area contributed by atoms with E-state index in [1.54, 1.807) is 0 Å². The Morgan fingerprint density at radius 1 is 1.15 bits per heavy atom. The average molecular weight is 298 g/mol. The number of nitrogens with one attached hydrogen (secondary N) is 1. The Morgan fingerprint density at radius 2 is 1.85 bits per heavy atom. The zero-order valence-electron chi connectivity index (χ0n) is 12.9. The van der Waals surface area contributed by atoms with Crippen LogP contribution in [0.25, 0.3) is 0 Å². The van der Waals surface area contributed by atoms with Crippen molar-refractivity contribution in [3.8, 4) is 5.75 Å². The van der Waals surface area contributed by atoms with E-state index in [1.807, 2.05) is 0 Å². The van der Waals surface area contributed by atoms with Crippen LogP contribution in [0.2, 0.25) is 0 Å². The SMILES string of the molecule is CC(C)(C)c1ccc(OCCC2CCCCN2)cc1.Cl. The van der Waals surface area contributed by atoms with Crippen LogP contribution >= 0.6 is 12.4 Å². The molecule has 1 aliphatic heterocycles. The summed E-state index contributed by atoms with van der Waals surface area (Å²) in [5.41, 5.74) is 1.57. The van der Waals surface area contributed by atoms with E-state index < -0.39 is 0 Å². The van der Waals surface area contributed by atoms with Crippen LogP contribution in [0.4, 0.5) is 0 Å². The second kappa shape index (κ2) is 7.90. The molecule has 1 aliphatic rings. The van der Waals surface area contributed by atoms with Gasteiger partial charge in [0.2, 0.25) is 0 Å². The first-order chi connectivity index (χ1) is 9.05. The molecule has 1 fully saturated rings. The van der Waals surface area contributed by atoms with E-state index in [0.29, 0.717) is 6.04 Å². The van der Waals surface area contributed by atoms with Gasteiger partial charge >= 0.3 is 0 Å². The van der Waals surface area contributed by atoms with Crippen LogP contribution in [-0.2, 0) is 5.41 Å². The van der Waals surface area contributed by atoms with Crippen LogP contribution in [0.1, 0.15) is 52.0 Å². The maximum absolute atomic E-state index is 5.84. The van der Waals surface area contributed by atoms with Gasteiger partial charge in [-0.15, -0.1) is 12.4 Å². The van der Waals surface area contributed by atoms with Crippen molar-refractivity contribution >= 4 is 12.4 Å². The molecule has 1 aromatic carbocycles. The van der Waals surface area contributed by atoms with E-state index in [9.17, 15) is 0 Å². The Morgan fingerprint density at radius 3 is 2.40 bits per heavy atom. The molecule has 0 amide bonds. The smallest absolute Gasteiger partial charge is 0.119 e. The van der Waals surface area contributed by atoms with Crippen molar-refractivity contribution in [2.24, 2.45) is 0 Å². The molecule has 1 heterocycles. The Kier molecular flexibility index (Phi) is 6.84. The molecule has 1 atom stereocenters. The highest BCUT2D eigenvalue weighted by Crippen LogP contribution is 2.24. The molecule has 1 unspecified atom stereocenters. The molecule has 0 spiro atoms. The van der Waals surface area contributed by atoms with Crippen molar-refractivity contribution in [2.45, 2.75) is 57.9 Å². The van der Waals surface area contributed by atoms with Gasteiger partial charge in [0.05, 0.1) is 6.61 Å². The fraction of sp³-hybridized carbons (Fsp3) is 0.647. The quantitative estimate of drug-likeness (QED) is 0.894. The highest BCUT2D eigenvalue weighted by atomic mass is 35.5. The van der Waals surface area contributed by atoms with E-state index in [0.717, 1.165) is 18.8 Å². The standard InChI is InChI=1S/C17H27NO.ClH/c1-17(2,3)14-7-9-16(10-8-14)19-13-11-15-6-4-5-12-18-15;/h7-10,15,18H,4-6,11-13H2,1-3H3;1H. The third kappa shape index (κ3) is 5.34. The minimum Gasteiger partial charge on any atom is -0.494 e. The molecule has 3 heteroatoms. The molecule has 114 valence electrons. The minimum absolute atomic E-state index is 0. The number of ether oxygens (including phenoxy) is 1. The monoisotopic (exact) mass is 297 g/mol. The average Bonchev–Trinajstić information content (AvgIpc) is 2.39. The molecule has 2 rings (SSSR count). The molecular weight excluding hydrogens is 270 g/mol. The first kappa shape index (κ1) is 17.3. The summed E-state index contributed by atoms with van der Waals surface area (Å²) in [4.78, 5) is 0. The zero-order chi connectivity index (χ0) is 13.7. The normalized spacial score (nSPS) is 19.2. The van der Waals surface area contributed by atoms with Gasteiger partial charge in [-0.3, -0.25) is 0 Å². The third-order valence-corrected chi connectivity index (χ3v) is 3.87. The van der Waals surface area contributed by atoms with Crippen LogP contribution in [0.5, 0.6) is 5.75 Å². The van der Waals surface area contributed by atoms with Gasteiger partial charge < -0.3 is 10.1 Å². The van der Waals surface area contributed by atoms with Crippen LogP contribution in [-0.4, -0.2) is 19.2 Å². The lowest BCUT2D eigenvalue weighted by molar-refractivity contribution is 0.268. The number of benzene rings is 1. The summed E-state index contributed by atoms with van der Waals surface area (Å²) in [7, 11) is 0. The molecule has 0 saturated carbocycles. The van der Waals surface area contributed by atoms with Crippen molar-refractivity contribution in [1.82, 2.24) is 5.32 Å². The number of rotatable bonds is 4. The summed E-state index contributed by atoms with van der Waals surface area (Å²) in [6, 6.07) is 9.19. The van der Waals surface area contributed by atoms with Gasteiger partial charge in [-0.1, -0.05) is 39.3 Å². The largest absolute Gasteiger partial charge is 0.494 e. The molecule has 0 aromatic heterocycles. The molecule has 1 saturated heterocycles. The molecule has 0 aliphatic carbocycles. The van der Waals surface area contributed by atoms with E-state index in [1.165, 1.54) is 31.4 Å². The Hall–Kier alpha value is -0.730. The molecule has 20 heavy (non-hydrogen) atoms. The third-order valence-electron chi connectivity index (χ3n) is 3.87. The summed E-state index contributed by atoms with van der Waals surface area (Å²) in [6.07, 6.45) is 5.09.